The number of carbonyl (C=O) groups is 1. The van der Waals surface area contributed by atoms with E-state index in [0.717, 1.165) is 36.1 Å². The van der Waals surface area contributed by atoms with E-state index < -0.39 is 0 Å². The van der Waals surface area contributed by atoms with Gasteiger partial charge in [-0.15, -0.1) is 12.4 Å². The molecule has 2 aromatic rings. The first-order valence-corrected chi connectivity index (χ1v) is 7.43. The van der Waals surface area contributed by atoms with Crippen LogP contribution in [0.15, 0.2) is 24.3 Å². The van der Waals surface area contributed by atoms with Crippen molar-refractivity contribution >= 4 is 29.2 Å². The van der Waals surface area contributed by atoms with Crippen molar-refractivity contribution in [3.63, 3.8) is 0 Å². The molecular formula is C16H23ClN4O. The van der Waals surface area contributed by atoms with Gasteiger partial charge in [-0.2, -0.15) is 5.10 Å². The van der Waals surface area contributed by atoms with Crippen molar-refractivity contribution < 1.29 is 4.79 Å². The third-order valence-electron chi connectivity index (χ3n) is 4.53. The number of aromatic nitrogens is 2. The Kier molecular flexibility index (Phi) is 4.78. The van der Waals surface area contributed by atoms with E-state index in [4.69, 9.17) is 5.73 Å². The van der Waals surface area contributed by atoms with Gasteiger partial charge in [-0.25, -0.2) is 0 Å². The van der Waals surface area contributed by atoms with Gasteiger partial charge >= 0.3 is 0 Å². The van der Waals surface area contributed by atoms with Crippen molar-refractivity contribution in [1.82, 2.24) is 15.1 Å². The van der Waals surface area contributed by atoms with E-state index in [2.05, 4.69) is 24.0 Å². The molecule has 1 aromatic carbocycles. The van der Waals surface area contributed by atoms with Crippen molar-refractivity contribution in [3.8, 4) is 0 Å². The molecule has 1 saturated heterocycles. The highest BCUT2D eigenvalue weighted by Gasteiger charge is 2.35. The number of benzene rings is 1. The minimum absolute atomic E-state index is 0. The largest absolute Gasteiger partial charge is 0.342 e. The Hall–Kier alpha value is -1.59. The third kappa shape index (κ3) is 3.10. The number of carbonyl (C=O) groups excluding carboxylic acids is 1. The highest BCUT2D eigenvalue weighted by atomic mass is 35.5. The molecule has 1 unspecified atom stereocenters. The molecule has 1 fully saturated rings. The Labute approximate surface area is 136 Å². The lowest BCUT2D eigenvalue weighted by atomic mass is 9.79. The van der Waals surface area contributed by atoms with E-state index >= 15 is 0 Å². The van der Waals surface area contributed by atoms with Gasteiger partial charge in [0.1, 0.15) is 0 Å². The molecule has 22 heavy (non-hydrogen) atoms. The van der Waals surface area contributed by atoms with Crippen LogP contribution in [0, 0.1) is 5.41 Å². The SMILES string of the molecule is CC1(C)CN(C(=O)Cc2[nH]nc3ccccc23)CCC1N.Cl. The lowest BCUT2D eigenvalue weighted by molar-refractivity contribution is -0.133. The van der Waals surface area contributed by atoms with Gasteiger partial charge in [-0.05, 0) is 17.9 Å². The van der Waals surface area contributed by atoms with Crippen LogP contribution in [0.25, 0.3) is 10.9 Å². The lowest BCUT2D eigenvalue weighted by Crippen LogP contribution is -2.54. The molecule has 2 heterocycles. The quantitative estimate of drug-likeness (QED) is 0.889. The molecule has 3 N–H and O–H groups in total. The van der Waals surface area contributed by atoms with Crippen LogP contribution in [-0.4, -0.2) is 40.1 Å². The molecule has 5 nitrogen and oxygen atoms in total. The third-order valence-corrected chi connectivity index (χ3v) is 4.53. The van der Waals surface area contributed by atoms with Crippen LogP contribution in [-0.2, 0) is 11.2 Å². The molecule has 1 atom stereocenters. The zero-order valence-corrected chi connectivity index (χ0v) is 13.8. The number of halogens is 1. The van der Waals surface area contributed by atoms with Crippen molar-refractivity contribution in [3.05, 3.63) is 30.0 Å². The minimum atomic E-state index is -0.0238. The summed E-state index contributed by atoms with van der Waals surface area (Å²) in [7, 11) is 0. The van der Waals surface area contributed by atoms with E-state index in [0.29, 0.717) is 6.42 Å². The van der Waals surface area contributed by atoms with Crippen molar-refractivity contribution in [1.29, 1.82) is 0 Å². The number of likely N-dealkylation sites (tertiary alicyclic amines) is 1. The number of piperidine rings is 1. The molecule has 120 valence electrons. The number of para-hydroxylation sites is 1. The second-order valence-electron chi connectivity index (χ2n) is 6.60. The van der Waals surface area contributed by atoms with Gasteiger partial charge in [-0.1, -0.05) is 32.0 Å². The number of H-pyrrole nitrogens is 1. The molecule has 0 spiro atoms. The van der Waals surface area contributed by atoms with Gasteiger partial charge in [-0.3, -0.25) is 9.89 Å². The molecule has 1 amide bonds. The number of aromatic amines is 1. The molecule has 0 bridgehead atoms. The van der Waals surface area contributed by atoms with Crippen LogP contribution < -0.4 is 5.73 Å². The zero-order chi connectivity index (χ0) is 15.0. The predicted octanol–water partition coefficient (Wildman–Crippen LogP) is 2.11. The standard InChI is InChI=1S/C16H22N4O.ClH/c1-16(2)10-20(8-7-14(16)17)15(21)9-13-11-5-3-4-6-12(11)18-19-13;/h3-6,14H,7-10,17H2,1-2H3,(H,18,19);1H. The molecule has 3 rings (SSSR count). The monoisotopic (exact) mass is 322 g/mol. The van der Waals surface area contributed by atoms with E-state index in [1.54, 1.807) is 0 Å². The molecule has 1 aromatic heterocycles. The van der Waals surface area contributed by atoms with Crippen LogP contribution >= 0.6 is 12.4 Å². The maximum absolute atomic E-state index is 12.5. The summed E-state index contributed by atoms with van der Waals surface area (Å²) in [6.45, 7) is 5.72. The molecule has 6 heteroatoms. The van der Waals surface area contributed by atoms with Gasteiger partial charge in [0, 0.05) is 24.5 Å². The zero-order valence-electron chi connectivity index (χ0n) is 13.0. The van der Waals surface area contributed by atoms with Crippen LogP contribution in [0.1, 0.15) is 26.0 Å². The van der Waals surface area contributed by atoms with Crippen molar-refractivity contribution in [2.45, 2.75) is 32.7 Å². The van der Waals surface area contributed by atoms with E-state index in [-0.39, 0.29) is 29.8 Å². The maximum atomic E-state index is 12.5. The summed E-state index contributed by atoms with van der Waals surface area (Å²) in [6, 6.07) is 8.02. The maximum Gasteiger partial charge on any atom is 0.228 e. The summed E-state index contributed by atoms with van der Waals surface area (Å²) < 4.78 is 0. The average Bonchev–Trinajstić information content (AvgIpc) is 2.85. The molecule has 0 aliphatic carbocycles. The summed E-state index contributed by atoms with van der Waals surface area (Å²) in [5.41, 5.74) is 7.90. The van der Waals surface area contributed by atoms with Crippen LogP contribution in [0.3, 0.4) is 0 Å². The number of hydrogen-bond acceptors (Lipinski definition) is 3. The molecule has 0 saturated carbocycles. The second kappa shape index (κ2) is 6.26. The first-order valence-electron chi connectivity index (χ1n) is 7.43. The Balaban J connectivity index is 0.00000176. The molecule has 1 aliphatic rings. The van der Waals surface area contributed by atoms with Gasteiger partial charge in [0.25, 0.3) is 0 Å². The summed E-state index contributed by atoms with van der Waals surface area (Å²) in [6.07, 6.45) is 1.23. The molecule has 1 aliphatic heterocycles. The Morgan fingerprint density at radius 1 is 1.45 bits per heavy atom. The van der Waals surface area contributed by atoms with Crippen molar-refractivity contribution in [2.24, 2.45) is 11.1 Å². The number of hydrogen-bond donors (Lipinski definition) is 2. The Morgan fingerprint density at radius 3 is 2.91 bits per heavy atom. The summed E-state index contributed by atoms with van der Waals surface area (Å²) in [4.78, 5) is 14.5. The first-order chi connectivity index (χ1) is 9.97. The highest BCUT2D eigenvalue weighted by Crippen LogP contribution is 2.28. The fourth-order valence-electron chi connectivity index (χ4n) is 3.00. The fourth-order valence-corrected chi connectivity index (χ4v) is 3.00. The smallest absolute Gasteiger partial charge is 0.228 e. The van der Waals surface area contributed by atoms with Crippen LogP contribution in [0.2, 0.25) is 0 Å². The first kappa shape index (κ1) is 16.8. The van der Waals surface area contributed by atoms with Crippen LogP contribution in [0.5, 0.6) is 0 Å². The van der Waals surface area contributed by atoms with Gasteiger partial charge in [0.05, 0.1) is 17.6 Å². The van der Waals surface area contributed by atoms with Crippen LogP contribution in [0.4, 0.5) is 0 Å². The van der Waals surface area contributed by atoms with Gasteiger partial charge in [0.2, 0.25) is 5.91 Å². The fraction of sp³-hybridized carbons (Fsp3) is 0.500. The number of rotatable bonds is 2. The van der Waals surface area contributed by atoms with Crippen molar-refractivity contribution in [2.75, 3.05) is 13.1 Å². The van der Waals surface area contributed by atoms with E-state index in [1.807, 2.05) is 29.2 Å². The number of amides is 1. The van der Waals surface area contributed by atoms with Gasteiger partial charge in [0.15, 0.2) is 0 Å². The molecular weight excluding hydrogens is 300 g/mol. The number of nitrogens with two attached hydrogens (primary N) is 1. The normalized spacial score (nSPS) is 20.7. The number of nitrogens with one attached hydrogen (secondary N) is 1. The number of nitrogens with zero attached hydrogens (tertiary/aromatic N) is 2. The Morgan fingerprint density at radius 2 is 2.18 bits per heavy atom. The Bertz CT molecular complexity index is 667. The number of fused-ring (bicyclic) bond motifs is 1. The van der Waals surface area contributed by atoms with E-state index in [9.17, 15) is 4.79 Å². The average molecular weight is 323 g/mol. The summed E-state index contributed by atoms with van der Waals surface area (Å²) >= 11 is 0. The highest BCUT2D eigenvalue weighted by molar-refractivity contribution is 5.87. The second-order valence-corrected chi connectivity index (χ2v) is 6.60. The van der Waals surface area contributed by atoms with Gasteiger partial charge < -0.3 is 10.6 Å². The summed E-state index contributed by atoms with van der Waals surface area (Å²) in [5.74, 6) is 0.143. The predicted molar refractivity (Wildman–Crippen MR) is 90.0 cm³/mol. The van der Waals surface area contributed by atoms with E-state index in [1.165, 1.54) is 0 Å². The lowest BCUT2D eigenvalue weighted by Gasteiger charge is -2.42. The topological polar surface area (TPSA) is 75.0 Å². The minimum Gasteiger partial charge on any atom is -0.342 e. The molecule has 0 radical (unpaired) electrons. The summed E-state index contributed by atoms with van der Waals surface area (Å²) in [5, 5.41) is 8.26.